The van der Waals surface area contributed by atoms with Gasteiger partial charge in [-0.05, 0) is 50.2 Å². The third-order valence-electron chi connectivity index (χ3n) is 3.27. The highest BCUT2D eigenvalue weighted by Gasteiger charge is 2.16. The highest BCUT2D eigenvalue weighted by atomic mass is 32.2. The number of aryl methyl sites for hydroxylation is 1. The number of rotatable bonds is 5. The Kier molecular flexibility index (Phi) is 3.91. The van der Waals surface area contributed by atoms with E-state index in [1.165, 1.54) is 12.3 Å². The Morgan fingerprint density at radius 3 is 2.57 bits per heavy atom. The van der Waals surface area contributed by atoms with Gasteiger partial charge in [0.2, 0.25) is 0 Å². The predicted molar refractivity (Wildman–Crippen MR) is 86.1 cm³/mol. The lowest BCUT2D eigenvalue weighted by molar-refractivity contribution is 0.340. The smallest absolute Gasteiger partial charge is 0.263 e. The minimum Gasteiger partial charge on any atom is -0.494 e. The Hall–Kier alpha value is -2.61. The molecule has 0 atom stereocenters. The van der Waals surface area contributed by atoms with Gasteiger partial charge in [0.1, 0.15) is 16.5 Å². The maximum Gasteiger partial charge on any atom is 0.263 e. The van der Waals surface area contributed by atoms with Crippen LogP contribution in [0.25, 0.3) is 5.65 Å². The molecule has 0 radical (unpaired) electrons. The molecular weight excluding hydrogens is 316 g/mol. The van der Waals surface area contributed by atoms with Crippen LogP contribution in [0.4, 0.5) is 5.69 Å². The first-order valence-corrected chi connectivity index (χ1v) is 8.55. The lowest BCUT2D eigenvalue weighted by Crippen LogP contribution is -2.13. The molecule has 0 aliphatic rings. The van der Waals surface area contributed by atoms with E-state index in [0.29, 0.717) is 29.5 Å². The van der Waals surface area contributed by atoms with E-state index in [0.717, 1.165) is 0 Å². The Bertz CT molecular complexity index is 933. The van der Waals surface area contributed by atoms with E-state index < -0.39 is 10.0 Å². The van der Waals surface area contributed by atoms with Crippen LogP contribution < -0.4 is 9.46 Å². The molecule has 8 heteroatoms. The molecule has 7 nitrogen and oxygen atoms in total. The molecule has 2 aromatic heterocycles. The molecule has 2 heterocycles. The van der Waals surface area contributed by atoms with E-state index in [9.17, 15) is 8.42 Å². The van der Waals surface area contributed by atoms with Crippen molar-refractivity contribution in [3.05, 3.63) is 48.4 Å². The molecule has 0 aliphatic carbocycles. The first-order valence-electron chi connectivity index (χ1n) is 7.06. The number of aromatic nitrogens is 3. The SMILES string of the molecule is CCOc1ccc(NS(=O)(=O)c2ccc3nnc(C)n3c2)cc1. The number of sulfonamides is 1. The summed E-state index contributed by atoms with van der Waals surface area (Å²) in [6.07, 6.45) is 1.50. The molecule has 0 unspecified atom stereocenters. The van der Waals surface area contributed by atoms with Crippen LogP contribution in [0.3, 0.4) is 0 Å². The van der Waals surface area contributed by atoms with Crippen LogP contribution in [-0.4, -0.2) is 29.6 Å². The number of benzene rings is 1. The van der Waals surface area contributed by atoms with Gasteiger partial charge in [0, 0.05) is 11.9 Å². The zero-order valence-corrected chi connectivity index (χ0v) is 13.5. The van der Waals surface area contributed by atoms with Crippen LogP contribution in [0, 0.1) is 6.92 Å². The minimum atomic E-state index is -3.69. The van der Waals surface area contributed by atoms with Gasteiger partial charge in [0.25, 0.3) is 10.0 Å². The Morgan fingerprint density at radius 1 is 1.13 bits per heavy atom. The van der Waals surface area contributed by atoms with Crippen molar-refractivity contribution in [2.24, 2.45) is 0 Å². The second kappa shape index (κ2) is 5.88. The van der Waals surface area contributed by atoms with Gasteiger partial charge in [-0.25, -0.2) is 8.42 Å². The fraction of sp³-hybridized carbons (Fsp3) is 0.200. The minimum absolute atomic E-state index is 0.141. The van der Waals surface area contributed by atoms with Gasteiger partial charge >= 0.3 is 0 Å². The van der Waals surface area contributed by atoms with Gasteiger partial charge in [-0.3, -0.25) is 9.12 Å². The molecule has 0 aliphatic heterocycles. The fourth-order valence-electron chi connectivity index (χ4n) is 2.14. The summed E-state index contributed by atoms with van der Waals surface area (Å²) >= 11 is 0. The normalized spacial score (nSPS) is 11.6. The largest absolute Gasteiger partial charge is 0.494 e. The fourth-order valence-corrected chi connectivity index (χ4v) is 3.20. The molecule has 3 aromatic rings. The first-order chi connectivity index (χ1) is 11.0. The van der Waals surface area contributed by atoms with Crippen LogP contribution in [0.5, 0.6) is 5.75 Å². The average molecular weight is 332 g/mol. The van der Waals surface area contributed by atoms with Crippen LogP contribution in [0.15, 0.2) is 47.5 Å². The summed E-state index contributed by atoms with van der Waals surface area (Å²) < 4.78 is 34.5. The van der Waals surface area contributed by atoms with Gasteiger partial charge in [-0.2, -0.15) is 0 Å². The molecule has 1 N–H and O–H groups in total. The number of ether oxygens (including phenoxy) is 1. The third-order valence-corrected chi connectivity index (χ3v) is 4.64. The van der Waals surface area contributed by atoms with E-state index in [-0.39, 0.29) is 4.90 Å². The Morgan fingerprint density at radius 2 is 1.87 bits per heavy atom. The van der Waals surface area contributed by atoms with Gasteiger partial charge in [0.05, 0.1) is 6.61 Å². The van der Waals surface area contributed by atoms with Crippen molar-refractivity contribution in [3.8, 4) is 5.75 Å². The summed E-state index contributed by atoms with van der Waals surface area (Å²) in [7, 11) is -3.69. The molecule has 0 fully saturated rings. The summed E-state index contributed by atoms with van der Waals surface area (Å²) in [6.45, 7) is 4.21. The Balaban J connectivity index is 1.88. The predicted octanol–water partition coefficient (Wildman–Crippen LogP) is 2.24. The molecule has 1 aromatic carbocycles. The van der Waals surface area contributed by atoms with E-state index in [2.05, 4.69) is 14.9 Å². The van der Waals surface area contributed by atoms with Gasteiger partial charge in [0.15, 0.2) is 5.65 Å². The number of nitrogens with zero attached hydrogens (tertiary/aromatic N) is 3. The zero-order chi connectivity index (χ0) is 16.4. The highest BCUT2D eigenvalue weighted by molar-refractivity contribution is 7.92. The summed E-state index contributed by atoms with van der Waals surface area (Å²) in [4.78, 5) is 0.141. The van der Waals surface area contributed by atoms with Crippen LogP contribution in [0.1, 0.15) is 12.7 Å². The van der Waals surface area contributed by atoms with Gasteiger partial charge in [-0.1, -0.05) is 0 Å². The average Bonchev–Trinajstić information content (AvgIpc) is 2.90. The van der Waals surface area contributed by atoms with Crippen molar-refractivity contribution in [1.29, 1.82) is 0 Å². The number of pyridine rings is 1. The maximum absolute atomic E-state index is 12.5. The zero-order valence-electron chi connectivity index (χ0n) is 12.7. The maximum atomic E-state index is 12.5. The van der Waals surface area contributed by atoms with Crippen molar-refractivity contribution in [2.45, 2.75) is 18.7 Å². The van der Waals surface area contributed by atoms with E-state index in [4.69, 9.17) is 4.74 Å². The summed E-state index contributed by atoms with van der Waals surface area (Å²) in [5, 5.41) is 7.85. The molecule has 0 amide bonds. The topological polar surface area (TPSA) is 85.6 Å². The number of anilines is 1. The molecule has 0 spiro atoms. The monoisotopic (exact) mass is 332 g/mol. The quantitative estimate of drug-likeness (QED) is 0.774. The second-order valence-electron chi connectivity index (χ2n) is 4.90. The van der Waals surface area contributed by atoms with Gasteiger partial charge < -0.3 is 4.74 Å². The second-order valence-corrected chi connectivity index (χ2v) is 6.59. The molecule has 120 valence electrons. The van der Waals surface area contributed by atoms with Crippen molar-refractivity contribution in [3.63, 3.8) is 0 Å². The molecule has 0 saturated carbocycles. The van der Waals surface area contributed by atoms with E-state index in [1.54, 1.807) is 41.7 Å². The molecule has 3 rings (SSSR count). The summed E-state index contributed by atoms with van der Waals surface area (Å²) in [5.74, 6) is 1.31. The number of hydrogen-bond donors (Lipinski definition) is 1. The van der Waals surface area contributed by atoms with Crippen molar-refractivity contribution < 1.29 is 13.2 Å². The Labute approximate surface area is 134 Å². The first kappa shape index (κ1) is 15.3. The van der Waals surface area contributed by atoms with Crippen LogP contribution in [-0.2, 0) is 10.0 Å². The lowest BCUT2D eigenvalue weighted by Gasteiger charge is -2.09. The molecule has 23 heavy (non-hydrogen) atoms. The number of nitrogens with one attached hydrogen (secondary N) is 1. The van der Waals surface area contributed by atoms with Crippen LogP contribution >= 0.6 is 0 Å². The molecule has 0 bridgehead atoms. The van der Waals surface area contributed by atoms with Gasteiger partial charge in [-0.15, -0.1) is 10.2 Å². The number of hydrogen-bond acceptors (Lipinski definition) is 5. The molecular formula is C15H16N4O3S. The van der Waals surface area contributed by atoms with Crippen molar-refractivity contribution in [1.82, 2.24) is 14.6 Å². The summed E-state index contributed by atoms with van der Waals surface area (Å²) in [6, 6.07) is 9.87. The van der Waals surface area contributed by atoms with E-state index in [1.807, 2.05) is 6.92 Å². The van der Waals surface area contributed by atoms with Crippen LogP contribution in [0.2, 0.25) is 0 Å². The van der Waals surface area contributed by atoms with E-state index >= 15 is 0 Å². The molecule has 0 saturated heterocycles. The standard InChI is InChI=1S/C15H16N4O3S/c1-3-22-13-6-4-12(5-7-13)18-23(20,21)14-8-9-15-17-16-11(2)19(15)10-14/h4-10,18H,3H2,1-2H3. The lowest BCUT2D eigenvalue weighted by atomic mass is 10.3. The highest BCUT2D eigenvalue weighted by Crippen LogP contribution is 2.20. The van der Waals surface area contributed by atoms with Crippen molar-refractivity contribution >= 4 is 21.4 Å². The third kappa shape index (κ3) is 3.11. The number of fused-ring (bicyclic) bond motifs is 1. The van der Waals surface area contributed by atoms with Crippen molar-refractivity contribution in [2.75, 3.05) is 11.3 Å². The summed E-state index contributed by atoms with van der Waals surface area (Å²) in [5.41, 5.74) is 1.07.